The van der Waals surface area contributed by atoms with Gasteiger partial charge in [0.1, 0.15) is 11.5 Å². The Bertz CT molecular complexity index is 857. The van der Waals surface area contributed by atoms with Gasteiger partial charge in [-0.25, -0.2) is 0 Å². The number of aliphatic hydroxyl groups is 1. The van der Waals surface area contributed by atoms with Crippen molar-refractivity contribution in [2.24, 2.45) is 5.92 Å². The van der Waals surface area contributed by atoms with Crippen LogP contribution in [0.4, 0.5) is 0 Å². The molecular weight excluding hydrogens is 342 g/mol. The van der Waals surface area contributed by atoms with Crippen molar-refractivity contribution in [2.45, 2.75) is 38.3 Å². The molecule has 0 saturated heterocycles. The molecule has 1 aliphatic heterocycles. The van der Waals surface area contributed by atoms with Gasteiger partial charge in [0.2, 0.25) is 0 Å². The number of hydrogen-bond acceptors (Lipinski definition) is 4. The summed E-state index contributed by atoms with van der Waals surface area (Å²) >= 11 is 0. The quantitative estimate of drug-likeness (QED) is 0.852. The molecule has 142 valence electrons. The predicted octanol–water partition coefficient (Wildman–Crippen LogP) is 3.18. The van der Waals surface area contributed by atoms with Crippen LogP contribution in [0.2, 0.25) is 0 Å². The number of nitrogens with one attached hydrogen (secondary N) is 1. The average molecular weight is 367 g/mol. The van der Waals surface area contributed by atoms with Crippen LogP contribution < -0.4 is 14.8 Å². The van der Waals surface area contributed by atoms with Crippen molar-refractivity contribution in [3.05, 3.63) is 58.7 Å². The summed E-state index contributed by atoms with van der Waals surface area (Å²) in [5.41, 5.74) is 3.70. The average Bonchev–Trinajstić information content (AvgIpc) is 3.11. The Labute approximate surface area is 159 Å². The standard InChI is InChI=1S/C22H25NO4/c1-13-18(4-3-5-19(13)26-2)22(25)23-21(16-11-17(24)12-16)15-6-7-20-14(10-15)8-9-27-20/h3-7,10,16-17,21,24H,8-9,11-12H2,1-2H3,(H,23,25). The number of fused-ring (bicyclic) bond motifs is 1. The van der Waals surface area contributed by atoms with Crippen molar-refractivity contribution in [3.8, 4) is 11.5 Å². The lowest BCUT2D eigenvalue weighted by Gasteiger charge is -2.38. The zero-order chi connectivity index (χ0) is 19.0. The van der Waals surface area contributed by atoms with Crippen LogP contribution in [0.25, 0.3) is 0 Å². The van der Waals surface area contributed by atoms with E-state index in [4.69, 9.17) is 9.47 Å². The lowest BCUT2D eigenvalue weighted by Crippen LogP contribution is -2.41. The first-order chi connectivity index (χ1) is 13.1. The van der Waals surface area contributed by atoms with E-state index in [-0.39, 0.29) is 24.0 Å². The molecule has 0 aromatic heterocycles. The SMILES string of the molecule is COc1cccc(C(=O)NC(c2ccc3c(c2)CCO3)C2CC(O)C2)c1C. The van der Waals surface area contributed by atoms with Gasteiger partial charge in [0.05, 0.1) is 25.9 Å². The fourth-order valence-corrected chi connectivity index (χ4v) is 4.08. The number of ether oxygens (including phenoxy) is 2. The van der Waals surface area contributed by atoms with E-state index in [0.29, 0.717) is 30.8 Å². The van der Waals surface area contributed by atoms with E-state index < -0.39 is 0 Å². The Morgan fingerprint density at radius 2 is 2.11 bits per heavy atom. The van der Waals surface area contributed by atoms with E-state index in [2.05, 4.69) is 11.4 Å². The molecule has 5 heteroatoms. The van der Waals surface area contributed by atoms with Crippen molar-refractivity contribution >= 4 is 5.91 Å². The molecule has 1 aliphatic carbocycles. The van der Waals surface area contributed by atoms with E-state index in [1.54, 1.807) is 7.11 Å². The largest absolute Gasteiger partial charge is 0.496 e. The van der Waals surface area contributed by atoms with Crippen LogP contribution in [-0.4, -0.2) is 30.8 Å². The minimum atomic E-state index is -0.272. The summed E-state index contributed by atoms with van der Waals surface area (Å²) in [6, 6.07) is 11.5. The number of carbonyl (C=O) groups is 1. The second-order valence-corrected chi connectivity index (χ2v) is 7.43. The molecule has 0 bridgehead atoms. The molecule has 2 N–H and O–H groups in total. The first-order valence-electron chi connectivity index (χ1n) is 9.45. The molecule has 1 amide bonds. The van der Waals surface area contributed by atoms with Gasteiger partial charge in [-0.2, -0.15) is 0 Å². The monoisotopic (exact) mass is 367 g/mol. The third kappa shape index (κ3) is 3.39. The number of rotatable bonds is 5. The smallest absolute Gasteiger partial charge is 0.252 e. The maximum atomic E-state index is 13.0. The van der Waals surface area contributed by atoms with Gasteiger partial charge in [-0.05, 0) is 61.1 Å². The number of benzene rings is 2. The van der Waals surface area contributed by atoms with Crippen LogP contribution in [0.1, 0.15) is 45.9 Å². The van der Waals surface area contributed by atoms with E-state index in [0.717, 1.165) is 23.3 Å². The van der Waals surface area contributed by atoms with Gasteiger partial charge < -0.3 is 19.9 Å². The van der Waals surface area contributed by atoms with E-state index in [1.165, 1.54) is 5.56 Å². The Morgan fingerprint density at radius 3 is 2.85 bits per heavy atom. The van der Waals surface area contributed by atoms with Gasteiger partial charge >= 0.3 is 0 Å². The van der Waals surface area contributed by atoms with Crippen molar-refractivity contribution < 1.29 is 19.4 Å². The fraction of sp³-hybridized carbons (Fsp3) is 0.409. The second-order valence-electron chi connectivity index (χ2n) is 7.43. The lowest BCUT2D eigenvalue weighted by molar-refractivity contribution is 0.0235. The summed E-state index contributed by atoms with van der Waals surface area (Å²) in [4.78, 5) is 13.0. The van der Waals surface area contributed by atoms with Crippen molar-refractivity contribution in [1.29, 1.82) is 0 Å². The number of carbonyl (C=O) groups excluding carboxylic acids is 1. The molecule has 2 aliphatic rings. The second kappa shape index (κ2) is 7.24. The molecule has 5 nitrogen and oxygen atoms in total. The minimum absolute atomic E-state index is 0.116. The summed E-state index contributed by atoms with van der Waals surface area (Å²) in [7, 11) is 1.61. The molecule has 1 unspecified atom stereocenters. The zero-order valence-corrected chi connectivity index (χ0v) is 15.7. The molecule has 0 spiro atoms. The van der Waals surface area contributed by atoms with Gasteiger partial charge in [-0.1, -0.05) is 12.1 Å². The van der Waals surface area contributed by atoms with Crippen LogP contribution in [0, 0.1) is 12.8 Å². The van der Waals surface area contributed by atoms with Gasteiger partial charge in [0.15, 0.2) is 0 Å². The van der Waals surface area contributed by atoms with E-state index in [9.17, 15) is 9.90 Å². The Kier molecular flexibility index (Phi) is 4.79. The molecule has 1 fully saturated rings. The first-order valence-corrected chi connectivity index (χ1v) is 9.45. The predicted molar refractivity (Wildman–Crippen MR) is 102 cm³/mol. The Morgan fingerprint density at radius 1 is 1.30 bits per heavy atom. The van der Waals surface area contributed by atoms with E-state index in [1.807, 2.05) is 37.3 Å². The minimum Gasteiger partial charge on any atom is -0.496 e. The summed E-state index contributed by atoms with van der Waals surface area (Å²) in [5, 5.41) is 13.0. The summed E-state index contributed by atoms with van der Waals surface area (Å²) in [6.45, 7) is 2.60. The van der Waals surface area contributed by atoms with Crippen molar-refractivity contribution in [1.82, 2.24) is 5.32 Å². The summed E-state index contributed by atoms with van der Waals surface area (Å²) in [6.07, 6.45) is 2.03. The first kappa shape index (κ1) is 17.9. The molecule has 1 atom stereocenters. The van der Waals surface area contributed by atoms with Crippen LogP contribution in [-0.2, 0) is 6.42 Å². The van der Waals surface area contributed by atoms with Crippen LogP contribution in [0.5, 0.6) is 11.5 Å². The molecular formula is C22H25NO4. The highest BCUT2D eigenvalue weighted by Crippen LogP contribution is 2.40. The maximum absolute atomic E-state index is 13.0. The van der Waals surface area contributed by atoms with Gasteiger partial charge in [-0.15, -0.1) is 0 Å². The maximum Gasteiger partial charge on any atom is 0.252 e. The lowest BCUT2D eigenvalue weighted by atomic mass is 9.74. The summed E-state index contributed by atoms with van der Waals surface area (Å²) in [5.74, 6) is 1.75. The van der Waals surface area contributed by atoms with Gasteiger partial charge in [0.25, 0.3) is 5.91 Å². The van der Waals surface area contributed by atoms with Crippen molar-refractivity contribution in [3.63, 3.8) is 0 Å². The molecule has 1 saturated carbocycles. The zero-order valence-electron chi connectivity index (χ0n) is 15.7. The molecule has 27 heavy (non-hydrogen) atoms. The van der Waals surface area contributed by atoms with Crippen molar-refractivity contribution in [2.75, 3.05) is 13.7 Å². The molecule has 4 rings (SSSR count). The van der Waals surface area contributed by atoms with Gasteiger partial charge in [0, 0.05) is 17.5 Å². The third-order valence-corrected chi connectivity index (χ3v) is 5.73. The van der Waals surface area contributed by atoms with Gasteiger partial charge in [-0.3, -0.25) is 4.79 Å². The fourth-order valence-electron chi connectivity index (χ4n) is 4.08. The normalized spacial score (nSPS) is 21.6. The Balaban J connectivity index is 1.61. The van der Waals surface area contributed by atoms with Crippen LogP contribution in [0.15, 0.2) is 36.4 Å². The number of amides is 1. The number of hydrogen-bond donors (Lipinski definition) is 2. The number of methoxy groups -OCH3 is 1. The van der Waals surface area contributed by atoms with Crippen LogP contribution in [0.3, 0.4) is 0 Å². The number of aliphatic hydroxyl groups excluding tert-OH is 1. The molecule has 0 radical (unpaired) electrons. The topological polar surface area (TPSA) is 67.8 Å². The highest BCUT2D eigenvalue weighted by Gasteiger charge is 2.36. The Hall–Kier alpha value is -2.53. The highest BCUT2D eigenvalue weighted by atomic mass is 16.5. The molecule has 2 aromatic carbocycles. The summed E-state index contributed by atoms with van der Waals surface area (Å²) < 4.78 is 10.9. The third-order valence-electron chi connectivity index (χ3n) is 5.73. The molecule has 1 heterocycles. The van der Waals surface area contributed by atoms with E-state index >= 15 is 0 Å². The molecule has 2 aromatic rings. The van der Waals surface area contributed by atoms with Crippen LogP contribution >= 0.6 is 0 Å². The highest BCUT2D eigenvalue weighted by molar-refractivity contribution is 5.96.